The zero-order chi connectivity index (χ0) is 24.4. The summed E-state index contributed by atoms with van der Waals surface area (Å²) in [6.45, 7) is 2.02. The van der Waals surface area contributed by atoms with Gasteiger partial charge in [-0.1, -0.05) is 25.2 Å². The molecule has 184 valence electrons. The fourth-order valence-electron chi connectivity index (χ4n) is 3.14. The number of aromatic nitrogens is 2. The van der Waals surface area contributed by atoms with Crippen LogP contribution in [0.4, 0.5) is 0 Å². The molecule has 1 amide bonds. The molecule has 0 radical (unpaired) electrons. The van der Waals surface area contributed by atoms with Crippen molar-refractivity contribution < 1.29 is 92.6 Å². The van der Waals surface area contributed by atoms with Gasteiger partial charge in [0.25, 0.3) is 5.56 Å². The molecule has 12 nitrogen and oxygen atoms in total. The Morgan fingerprint density at radius 2 is 2.06 bits per heavy atom. The van der Waals surface area contributed by atoms with Crippen molar-refractivity contribution in [3.63, 3.8) is 0 Å². The molecule has 1 aliphatic heterocycles. The van der Waals surface area contributed by atoms with Crippen LogP contribution in [0.3, 0.4) is 0 Å². The molecule has 35 heavy (non-hydrogen) atoms. The average molecular weight is 531 g/mol. The van der Waals surface area contributed by atoms with Crippen molar-refractivity contribution in [2.75, 3.05) is 13.2 Å². The normalized spacial score (nSPS) is 19.1. The van der Waals surface area contributed by atoms with Crippen molar-refractivity contribution in [2.45, 2.75) is 70.3 Å². The molecule has 3 N–H and O–H groups in total. The van der Waals surface area contributed by atoms with Gasteiger partial charge in [0.15, 0.2) is 0 Å². The molecule has 0 spiro atoms. The third kappa shape index (κ3) is 12.7. The van der Waals surface area contributed by atoms with Crippen LogP contribution in [0.5, 0.6) is 0 Å². The number of hydrogen-bond acceptors (Lipinski definition) is 9. The van der Waals surface area contributed by atoms with Gasteiger partial charge in [-0.15, -0.1) is 0 Å². The molecular weight excluding hydrogens is 503 g/mol. The molecule has 2 rings (SSSR count). The number of amides is 1. The zero-order valence-electron chi connectivity index (χ0n) is 20.3. The Morgan fingerprint density at radius 3 is 2.71 bits per heavy atom. The minimum atomic E-state index is -5.24. The minimum absolute atomic E-state index is 0. The maximum Gasteiger partial charge on any atom is 1.00 e. The van der Waals surface area contributed by atoms with Gasteiger partial charge in [-0.2, -0.15) is 0 Å². The van der Waals surface area contributed by atoms with E-state index in [1.807, 2.05) is 6.92 Å². The molecule has 0 aliphatic carbocycles. The molecule has 1 aromatic heterocycles. The number of aliphatic hydroxyl groups excluding tert-OH is 1. The molecule has 1 saturated heterocycles. The summed E-state index contributed by atoms with van der Waals surface area (Å²) >= 11 is 0. The Kier molecular flexibility index (Phi) is 17.2. The molecule has 0 aromatic carbocycles. The largest absolute Gasteiger partial charge is 1.00 e. The number of unbranched alkanes of at least 4 members (excludes halogenated alkanes) is 3. The quantitative estimate of drug-likeness (QED) is 0.108. The first-order valence-electron chi connectivity index (χ1n) is 10.7. The Bertz CT molecular complexity index is 1030. The molecule has 1 fully saturated rings. The Morgan fingerprint density at radius 1 is 1.34 bits per heavy atom. The van der Waals surface area contributed by atoms with Crippen molar-refractivity contribution in [3.8, 4) is 11.8 Å². The maximum atomic E-state index is 12.2. The smallest absolute Gasteiger partial charge is 0.790 e. The summed E-state index contributed by atoms with van der Waals surface area (Å²) in [7, 11) is -5.24. The number of rotatable bonds is 11. The van der Waals surface area contributed by atoms with Gasteiger partial charge in [0.2, 0.25) is 5.91 Å². The van der Waals surface area contributed by atoms with Crippen molar-refractivity contribution in [1.82, 2.24) is 14.9 Å². The monoisotopic (exact) mass is 531 g/mol. The molecule has 0 unspecified atom stereocenters. The topological polar surface area (TPSA) is 186 Å². The molecule has 3 atom stereocenters. The first kappa shape index (κ1) is 34.7. The van der Waals surface area contributed by atoms with Crippen LogP contribution < -0.4 is 85.5 Å². The third-order valence-electron chi connectivity index (χ3n) is 4.91. The number of carbonyl (C=O) groups excluding carboxylic acids is 1. The predicted molar refractivity (Wildman–Crippen MR) is 113 cm³/mol. The summed E-state index contributed by atoms with van der Waals surface area (Å²) in [6, 6.07) is 0. The molecule has 0 bridgehead atoms. The molecular formula is C20H28N3Na2O9P. The Balaban J connectivity index is 0.00000578. The second-order valence-electron chi connectivity index (χ2n) is 7.60. The van der Waals surface area contributed by atoms with Crippen LogP contribution in [0.1, 0.15) is 63.7 Å². The van der Waals surface area contributed by atoms with E-state index < -0.39 is 44.1 Å². The van der Waals surface area contributed by atoms with Crippen LogP contribution in [0.15, 0.2) is 15.8 Å². The second kappa shape index (κ2) is 17.3. The molecule has 2 heterocycles. The minimum Gasteiger partial charge on any atom is -0.790 e. The molecule has 1 aliphatic rings. The van der Waals surface area contributed by atoms with Crippen molar-refractivity contribution >= 4 is 13.7 Å². The number of aromatic amines is 1. The van der Waals surface area contributed by atoms with Gasteiger partial charge in [0, 0.05) is 32.0 Å². The van der Waals surface area contributed by atoms with Crippen molar-refractivity contribution in [3.05, 3.63) is 32.6 Å². The number of nitrogens with zero attached hydrogens (tertiary/aromatic N) is 1. The zero-order valence-corrected chi connectivity index (χ0v) is 25.2. The number of nitrogens with one attached hydrogen (secondary N) is 2. The molecule has 1 aromatic rings. The standard InChI is InChI=1S/C20H30N3O9P.2Na/c1-2-3-10-21-17(25)9-7-5-4-6-8-14-12-23(20(27)22-19(14)26)18-11-15(24)16(32-18)13-31-33(28,29)30;;/h12,15-16,18,24H,2-5,7,9-11,13H2,1H3,(H,21,25)(H,22,26,27)(H2,28,29,30);;/q;2*+1/p-2/t15-,16+,18+;;/m0../s1. The van der Waals surface area contributed by atoms with E-state index in [0.29, 0.717) is 32.2 Å². The molecule has 15 heteroatoms. The summed E-state index contributed by atoms with van der Waals surface area (Å²) in [5.41, 5.74) is -1.47. The number of carbonyl (C=O) groups is 1. The predicted octanol–water partition coefficient (Wildman–Crippen LogP) is -7.13. The van der Waals surface area contributed by atoms with Gasteiger partial charge in [0.05, 0.1) is 20.5 Å². The number of phosphoric acid groups is 1. The van der Waals surface area contributed by atoms with Gasteiger partial charge in [-0.25, -0.2) is 4.79 Å². The summed E-state index contributed by atoms with van der Waals surface area (Å²) < 4.78 is 21.2. The first-order chi connectivity index (χ1) is 15.6. The third-order valence-corrected chi connectivity index (χ3v) is 5.38. The van der Waals surface area contributed by atoms with E-state index in [2.05, 4.69) is 26.7 Å². The number of phosphoric ester groups is 1. The van der Waals surface area contributed by atoms with Gasteiger partial charge in [-0.05, 0) is 19.3 Å². The first-order valence-corrected chi connectivity index (χ1v) is 12.2. The maximum absolute atomic E-state index is 12.2. The number of hydrogen-bond donors (Lipinski definition) is 3. The summed E-state index contributed by atoms with van der Waals surface area (Å²) in [5, 5.41) is 12.8. The second-order valence-corrected chi connectivity index (χ2v) is 8.75. The number of aliphatic hydroxyl groups is 1. The summed E-state index contributed by atoms with van der Waals surface area (Å²) in [4.78, 5) is 59.2. The van der Waals surface area contributed by atoms with Crippen molar-refractivity contribution in [2.24, 2.45) is 0 Å². The fourth-order valence-corrected chi connectivity index (χ4v) is 3.47. The van der Waals surface area contributed by atoms with Crippen LogP contribution in [0, 0.1) is 11.8 Å². The molecule has 0 saturated carbocycles. The van der Waals surface area contributed by atoms with Crippen LogP contribution in [0.25, 0.3) is 0 Å². The fraction of sp³-hybridized carbons (Fsp3) is 0.650. The number of ether oxygens (including phenoxy) is 1. The summed E-state index contributed by atoms with van der Waals surface area (Å²) in [5.74, 6) is 5.51. The van der Waals surface area contributed by atoms with E-state index in [-0.39, 0.29) is 77.0 Å². The average Bonchev–Trinajstić information content (AvgIpc) is 3.10. The SMILES string of the molecule is CCCCNC(=O)CCCCC#Cc1cn([C@H]2C[C@H](O)[C@@H](COP(=O)([O-])[O-])O2)c(=O)[nH]c1=O.[Na+].[Na+]. The Hall–Kier alpha value is -0.260. The van der Waals surface area contributed by atoms with E-state index >= 15 is 0 Å². The van der Waals surface area contributed by atoms with E-state index in [1.165, 1.54) is 6.20 Å². The van der Waals surface area contributed by atoms with Gasteiger partial charge >= 0.3 is 64.8 Å². The van der Waals surface area contributed by atoms with Crippen LogP contribution in [-0.2, 0) is 18.6 Å². The summed E-state index contributed by atoms with van der Waals surface area (Å²) in [6.07, 6.45) is 1.88. The van der Waals surface area contributed by atoms with Crippen molar-refractivity contribution in [1.29, 1.82) is 0 Å². The van der Waals surface area contributed by atoms with Gasteiger partial charge < -0.3 is 34.0 Å². The van der Waals surface area contributed by atoms with Gasteiger partial charge in [-0.3, -0.25) is 19.1 Å². The van der Waals surface area contributed by atoms with Crippen LogP contribution in [0.2, 0.25) is 0 Å². The van der Waals surface area contributed by atoms with E-state index in [1.54, 1.807) is 0 Å². The Labute approximate surface area is 247 Å². The number of H-pyrrole nitrogens is 1. The van der Waals surface area contributed by atoms with E-state index in [4.69, 9.17) is 4.74 Å². The van der Waals surface area contributed by atoms with E-state index in [9.17, 15) is 33.8 Å². The van der Waals surface area contributed by atoms with Gasteiger partial charge in [0.1, 0.15) is 17.9 Å². The van der Waals surface area contributed by atoms with Crippen LogP contribution in [-0.4, -0.2) is 45.9 Å². The van der Waals surface area contributed by atoms with Crippen LogP contribution >= 0.6 is 7.82 Å². The van der Waals surface area contributed by atoms with E-state index in [0.717, 1.165) is 17.4 Å².